The Morgan fingerprint density at radius 2 is 2.25 bits per heavy atom. The highest BCUT2D eigenvalue weighted by Crippen LogP contribution is 2.19. The predicted molar refractivity (Wildman–Crippen MR) is 66.2 cm³/mol. The van der Waals surface area contributed by atoms with Crippen molar-refractivity contribution in [2.24, 2.45) is 5.73 Å². The predicted octanol–water partition coefficient (Wildman–Crippen LogP) is 0.666. The van der Waals surface area contributed by atoms with Gasteiger partial charge in [0.1, 0.15) is 0 Å². The maximum atomic E-state index is 12.1. The van der Waals surface area contributed by atoms with Crippen molar-refractivity contribution in [2.75, 3.05) is 27.2 Å². The fraction of sp³-hybridized carbons (Fsp3) is 0.917. The van der Waals surface area contributed by atoms with Crippen molar-refractivity contribution in [3.05, 3.63) is 0 Å². The van der Waals surface area contributed by atoms with E-state index in [1.807, 2.05) is 19.0 Å². The van der Waals surface area contributed by atoms with E-state index in [4.69, 9.17) is 5.73 Å². The number of likely N-dealkylation sites (tertiary alicyclic amines) is 1. The van der Waals surface area contributed by atoms with Crippen LogP contribution in [0.25, 0.3) is 0 Å². The molecule has 0 radical (unpaired) electrons. The van der Waals surface area contributed by atoms with Gasteiger partial charge in [-0.25, -0.2) is 0 Å². The van der Waals surface area contributed by atoms with E-state index in [0.29, 0.717) is 6.04 Å². The summed E-state index contributed by atoms with van der Waals surface area (Å²) in [4.78, 5) is 16.2. The van der Waals surface area contributed by atoms with Crippen molar-refractivity contribution < 1.29 is 4.79 Å². The zero-order valence-corrected chi connectivity index (χ0v) is 10.8. The molecule has 2 N–H and O–H groups in total. The zero-order chi connectivity index (χ0) is 12.1. The van der Waals surface area contributed by atoms with E-state index in [2.05, 4.69) is 11.8 Å². The molecule has 16 heavy (non-hydrogen) atoms. The van der Waals surface area contributed by atoms with Gasteiger partial charge in [0.2, 0.25) is 5.91 Å². The Balaban J connectivity index is 2.53. The lowest BCUT2D eigenvalue weighted by Gasteiger charge is -2.29. The molecule has 4 nitrogen and oxygen atoms in total. The van der Waals surface area contributed by atoms with Gasteiger partial charge in [-0.15, -0.1) is 0 Å². The van der Waals surface area contributed by atoms with Crippen LogP contribution >= 0.6 is 0 Å². The summed E-state index contributed by atoms with van der Waals surface area (Å²) in [7, 11) is 4.10. The number of hydrogen-bond donors (Lipinski definition) is 1. The van der Waals surface area contributed by atoms with Crippen LogP contribution in [0.1, 0.15) is 32.6 Å². The molecule has 0 aromatic rings. The Morgan fingerprint density at radius 3 is 2.81 bits per heavy atom. The summed E-state index contributed by atoms with van der Waals surface area (Å²) in [5.74, 6) is 0.145. The molecule has 1 amide bonds. The normalized spacial score (nSPS) is 22.8. The molecule has 1 heterocycles. The van der Waals surface area contributed by atoms with Gasteiger partial charge in [0, 0.05) is 19.1 Å². The molecule has 1 aliphatic heterocycles. The highest BCUT2D eigenvalue weighted by molar-refractivity contribution is 5.82. The minimum Gasteiger partial charge on any atom is -0.337 e. The number of amides is 1. The van der Waals surface area contributed by atoms with Crippen molar-refractivity contribution in [1.29, 1.82) is 0 Å². The van der Waals surface area contributed by atoms with Crippen molar-refractivity contribution in [2.45, 2.75) is 44.7 Å². The highest BCUT2D eigenvalue weighted by Gasteiger charge is 2.31. The zero-order valence-electron chi connectivity index (χ0n) is 10.8. The Kier molecular flexibility index (Phi) is 5.22. The number of nitrogens with two attached hydrogens (primary N) is 1. The number of hydrogen-bond acceptors (Lipinski definition) is 3. The van der Waals surface area contributed by atoms with Crippen molar-refractivity contribution in [3.63, 3.8) is 0 Å². The third kappa shape index (κ3) is 3.46. The molecule has 0 saturated carbocycles. The van der Waals surface area contributed by atoms with Crippen molar-refractivity contribution in [1.82, 2.24) is 9.80 Å². The van der Waals surface area contributed by atoms with Crippen molar-refractivity contribution in [3.8, 4) is 0 Å². The molecule has 1 aliphatic rings. The summed E-state index contributed by atoms with van der Waals surface area (Å²) in [6.45, 7) is 3.90. The second kappa shape index (κ2) is 6.21. The van der Waals surface area contributed by atoms with Crippen LogP contribution < -0.4 is 5.73 Å². The molecule has 1 rings (SSSR count). The van der Waals surface area contributed by atoms with Gasteiger partial charge < -0.3 is 15.5 Å². The smallest absolute Gasteiger partial charge is 0.239 e. The lowest BCUT2D eigenvalue weighted by molar-refractivity contribution is -0.133. The monoisotopic (exact) mass is 227 g/mol. The second-order valence-corrected chi connectivity index (χ2v) is 4.99. The van der Waals surface area contributed by atoms with Gasteiger partial charge in [-0.05, 0) is 33.4 Å². The molecular weight excluding hydrogens is 202 g/mol. The molecule has 94 valence electrons. The van der Waals surface area contributed by atoms with E-state index in [1.165, 1.54) is 0 Å². The van der Waals surface area contributed by atoms with Gasteiger partial charge in [0.15, 0.2) is 0 Å². The Morgan fingerprint density at radius 1 is 1.56 bits per heavy atom. The van der Waals surface area contributed by atoms with Crippen LogP contribution in [0.2, 0.25) is 0 Å². The van der Waals surface area contributed by atoms with E-state index < -0.39 is 0 Å². The summed E-state index contributed by atoms with van der Waals surface area (Å²) in [6, 6.07) is 0.0677. The van der Waals surface area contributed by atoms with Crippen LogP contribution in [0.3, 0.4) is 0 Å². The fourth-order valence-electron chi connectivity index (χ4n) is 2.38. The summed E-state index contributed by atoms with van der Waals surface area (Å²) in [6.07, 6.45) is 4.00. The van der Waals surface area contributed by atoms with Crippen LogP contribution in [0.15, 0.2) is 0 Å². The molecule has 1 unspecified atom stereocenters. The fourth-order valence-corrected chi connectivity index (χ4v) is 2.38. The third-order valence-electron chi connectivity index (χ3n) is 3.15. The van der Waals surface area contributed by atoms with Crippen LogP contribution in [0.5, 0.6) is 0 Å². The quantitative estimate of drug-likeness (QED) is 0.751. The SMILES string of the molecule is CCC[C@@H](N)C(=O)N1CCCC1CN(C)C. The number of carbonyl (C=O) groups excluding carboxylic acids is 1. The van der Waals surface area contributed by atoms with Crippen LogP contribution in [-0.4, -0.2) is 55.0 Å². The summed E-state index contributed by atoms with van der Waals surface area (Å²) >= 11 is 0. The minimum absolute atomic E-state index is 0.145. The van der Waals surface area contributed by atoms with Gasteiger partial charge in [0.05, 0.1) is 6.04 Å². The average Bonchev–Trinajstić information content (AvgIpc) is 2.64. The molecular formula is C12H25N3O. The second-order valence-electron chi connectivity index (χ2n) is 4.99. The van der Waals surface area contributed by atoms with Gasteiger partial charge in [-0.2, -0.15) is 0 Å². The third-order valence-corrected chi connectivity index (χ3v) is 3.15. The van der Waals surface area contributed by atoms with Crippen molar-refractivity contribution >= 4 is 5.91 Å². The molecule has 1 fully saturated rings. The van der Waals surface area contributed by atoms with Gasteiger partial charge >= 0.3 is 0 Å². The first-order valence-corrected chi connectivity index (χ1v) is 6.27. The topological polar surface area (TPSA) is 49.6 Å². The number of rotatable bonds is 5. The maximum absolute atomic E-state index is 12.1. The molecule has 0 aromatic carbocycles. The number of likely N-dealkylation sites (N-methyl/N-ethyl adjacent to an activating group) is 1. The van der Waals surface area contributed by atoms with E-state index in [1.54, 1.807) is 0 Å². The first-order chi connectivity index (χ1) is 7.56. The summed E-state index contributed by atoms with van der Waals surface area (Å²) in [5.41, 5.74) is 5.90. The van der Waals surface area contributed by atoms with E-state index in [9.17, 15) is 4.79 Å². The van der Waals surface area contributed by atoms with E-state index >= 15 is 0 Å². The minimum atomic E-state index is -0.298. The highest BCUT2D eigenvalue weighted by atomic mass is 16.2. The standard InChI is InChI=1S/C12H25N3O/c1-4-6-11(13)12(16)15-8-5-7-10(15)9-14(2)3/h10-11H,4-9,13H2,1-3H3/t10?,11-/m1/s1. The molecule has 0 aromatic heterocycles. The Labute approximate surface area is 98.8 Å². The van der Waals surface area contributed by atoms with Gasteiger partial charge in [-0.1, -0.05) is 13.3 Å². The molecule has 0 bridgehead atoms. The molecule has 2 atom stereocenters. The van der Waals surface area contributed by atoms with Crippen LogP contribution in [0.4, 0.5) is 0 Å². The molecule has 0 aliphatic carbocycles. The number of nitrogens with zero attached hydrogens (tertiary/aromatic N) is 2. The van der Waals surface area contributed by atoms with Gasteiger partial charge in [-0.3, -0.25) is 4.79 Å². The first kappa shape index (κ1) is 13.5. The average molecular weight is 227 g/mol. The largest absolute Gasteiger partial charge is 0.337 e. The lowest BCUT2D eigenvalue weighted by Crippen LogP contribution is -2.48. The van der Waals surface area contributed by atoms with Crippen LogP contribution in [0, 0.1) is 0 Å². The Bertz CT molecular complexity index is 230. The molecule has 0 spiro atoms. The molecule has 1 saturated heterocycles. The Hall–Kier alpha value is -0.610. The lowest BCUT2D eigenvalue weighted by atomic mass is 10.1. The van der Waals surface area contributed by atoms with Crippen LogP contribution in [-0.2, 0) is 4.79 Å². The van der Waals surface area contributed by atoms with E-state index in [0.717, 1.165) is 38.8 Å². The maximum Gasteiger partial charge on any atom is 0.239 e. The summed E-state index contributed by atoms with van der Waals surface area (Å²) < 4.78 is 0. The van der Waals surface area contributed by atoms with Gasteiger partial charge in [0.25, 0.3) is 0 Å². The van der Waals surface area contributed by atoms with E-state index in [-0.39, 0.29) is 11.9 Å². The summed E-state index contributed by atoms with van der Waals surface area (Å²) in [5, 5.41) is 0. The number of carbonyl (C=O) groups is 1. The molecule has 4 heteroatoms. The first-order valence-electron chi connectivity index (χ1n) is 6.27.